The van der Waals surface area contributed by atoms with Gasteiger partial charge in [-0.05, 0) is 70.6 Å². The minimum absolute atomic E-state index is 0.0735. The first-order valence-electron chi connectivity index (χ1n) is 29.5. The predicted octanol–water partition coefficient (Wildman–Crippen LogP) is 19.7. The lowest BCUT2D eigenvalue weighted by molar-refractivity contribution is -0.167. The molecule has 0 aliphatic carbocycles. The highest BCUT2D eigenvalue weighted by Gasteiger charge is 2.19. The van der Waals surface area contributed by atoms with Crippen LogP contribution in [0, 0.1) is 0 Å². The summed E-state index contributed by atoms with van der Waals surface area (Å²) >= 11 is 0. The zero-order valence-corrected chi connectivity index (χ0v) is 44.9. The number of carbonyl (C=O) groups is 3. The second-order valence-corrected chi connectivity index (χ2v) is 19.9. The number of unbranched alkanes of at least 4 members (excludes halogenated alkanes) is 37. The summed E-state index contributed by atoms with van der Waals surface area (Å²) in [6.07, 6.45) is 67.1. The van der Waals surface area contributed by atoms with Crippen LogP contribution < -0.4 is 0 Å². The van der Waals surface area contributed by atoms with Crippen molar-refractivity contribution in [2.75, 3.05) is 13.2 Å². The van der Waals surface area contributed by atoms with Gasteiger partial charge >= 0.3 is 17.9 Å². The van der Waals surface area contributed by atoms with E-state index in [1.54, 1.807) is 0 Å². The smallest absolute Gasteiger partial charge is 0.306 e. The molecule has 392 valence electrons. The molecule has 6 nitrogen and oxygen atoms in total. The number of rotatable bonds is 54. The van der Waals surface area contributed by atoms with Gasteiger partial charge in [-0.3, -0.25) is 14.4 Å². The van der Waals surface area contributed by atoms with Gasteiger partial charge in [-0.15, -0.1) is 0 Å². The van der Waals surface area contributed by atoms with E-state index in [4.69, 9.17) is 14.2 Å². The fraction of sp³-hybridized carbons (Fsp3) is 0.852. The molecule has 0 spiro atoms. The maximum atomic E-state index is 12.9. The Morgan fingerprint density at radius 1 is 0.299 bits per heavy atom. The minimum Gasteiger partial charge on any atom is -0.462 e. The largest absolute Gasteiger partial charge is 0.462 e. The second kappa shape index (κ2) is 56.2. The molecule has 0 aromatic rings. The van der Waals surface area contributed by atoms with Crippen molar-refractivity contribution in [1.82, 2.24) is 0 Å². The topological polar surface area (TPSA) is 78.9 Å². The van der Waals surface area contributed by atoms with E-state index in [9.17, 15) is 14.4 Å². The van der Waals surface area contributed by atoms with E-state index in [2.05, 4.69) is 57.2 Å². The van der Waals surface area contributed by atoms with E-state index in [-0.39, 0.29) is 31.1 Å². The Balaban J connectivity index is 4.28. The zero-order valence-electron chi connectivity index (χ0n) is 44.9. The molecule has 0 aromatic carbocycles. The van der Waals surface area contributed by atoms with Crippen LogP contribution in [0.2, 0.25) is 0 Å². The lowest BCUT2D eigenvalue weighted by atomic mass is 10.0. The van der Waals surface area contributed by atoms with Crippen LogP contribution >= 0.6 is 0 Å². The van der Waals surface area contributed by atoms with Crippen LogP contribution in [0.3, 0.4) is 0 Å². The lowest BCUT2D eigenvalue weighted by Gasteiger charge is -2.18. The lowest BCUT2D eigenvalue weighted by Crippen LogP contribution is -2.30. The highest BCUT2D eigenvalue weighted by atomic mass is 16.6. The summed E-state index contributed by atoms with van der Waals surface area (Å²) in [6, 6.07) is 0. The fourth-order valence-corrected chi connectivity index (χ4v) is 8.63. The number of hydrogen-bond donors (Lipinski definition) is 0. The Morgan fingerprint density at radius 2 is 0.552 bits per heavy atom. The Kier molecular flexibility index (Phi) is 54.2. The van der Waals surface area contributed by atoms with Gasteiger partial charge in [-0.25, -0.2) is 0 Å². The first-order chi connectivity index (χ1) is 33.0. The first-order valence-corrected chi connectivity index (χ1v) is 29.5. The van der Waals surface area contributed by atoms with Gasteiger partial charge in [0.1, 0.15) is 13.2 Å². The molecule has 0 fully saturated rings. The molecule has 0 saturated carbocycles. The van der Waals surface area contributed by atoms with E-state index >= 15 is 0 Å². The fourth-order valence-electron chi connectivity index (χ4n) is 8.63. The van der Waals surface area contributed by atoms with Crippen LogP contribution in [0.15, 0.2) is 36.5 Å². The Morgan fingerprint density at radius 3 is 0.910 bits per heavy atom. The summed E-state index contributed by atoms with van der Waals surface area (Å²) in [6.45, 7) is 6.61. The zero-order chi connectivity index (χ0) is 48.6. The summed E-state index contributed by atoms with van der Waals surface area (Å²) in [5.74, 6) is -0.869. The molecular weight excluding hydrogens is 829 g/mol. The van der Waals surface area contributed by atoms with Crippen LogP contribution in [-0.4, -0.2) is 37.2 Å². The van der Waals surface area contributed by atoms with Crippen molar-refractivity contribution in [2.24, 2.45) is 0 Å². The van der Waals surface area contributed by atoms with E-state index in [0.29, 0.717) is 19.3 Å². The van der Waals surface area contributed by atoms with E-state index in [1.807, 2.05) is 0 Å². The molecule has 0 aliphatic rings. The van der Waals surface area contributed by atoms with Crippen molar-refractivity contribution in [2.45, 2.75) is 322 Å². The number of allylic oxidation sites excluding steroid dienone is 6. The molecule has 0 amide bonds. The summed E-state index contributed by atoms with van der Waals surface area (Å²) in [7, 11) is 0. The van der Waals surface area contributed by atoms with Crippen LogP contribution in [0.25, 0.3) is 0 Å². The molecule has 6 heteroatoms. The van der Waals surface area contributed by atoms with Crippen molar-refractivity contribution in [3.05, 3.63) is 36.5 Å². The highest BCUT2D eigenvalue weighted by Crippen LogP contribution is 2.17. The number of hydrogen-bond acceptors (Lipinski definition) is 6. The Labute approximate surface area is 416 Å². The average molecular weight is 942 g/mol. The monoisotopic (exact) mass is 941 g/mol. The third kappa shape index (κ3) is 54.4. The maximum absolute atomic E-state index is 12.9. The summed E-state index contributed by atoms with van der Waals surface area (Å²) in [5.41, 5.74) is 0. The molecule has 0 heterocycles. The number of esters is 3. The highest BCUT2D eigenvalue weighted by molar-refractivity contribution is 5.71. The molecule has 0 rings (SSSR count). The molecule has 0 unspecified atom stereocenters. The Hall–Kier alpha value is -2.37. The third-order valence-corrected chi connectivity index (χ3v) is 13.1. The van der Waals surface area contributed by atoms with Gasteiger partial charge in [0.05, 0.1) is 0 Å². The molecule has 67 heavy (non-hydrogen) atoms. The quantitative estimate of drug-likeness (QED) is 0.0262. The van der Waals surface area contributed by atoms with Crippen LogP contribution in [0.4, 0.5) is 0 Å². The number of ether oxygens (including phenoxy) is 3. The standard InChI is InChI=1S/C61H112O6/c1-4-7-10-13-16-19-22-24-26-28-30-32-34-36-39-42-45-48-51-54-60(63)66-57-58(56-65-59(62)53-50-47-44-41-38-21-18-15-12-9-6-3)67-61(64)55-52-49-46-43-40-37-35-33-31-29-27-25-23-20-17-14-11-8-5-2/h15-16,18-19,24,26,58H,4-14,17,20-23,25,27-57H2,1-3H3/b18-15-,19-16-,26-24-/t58-/m0/s1. The van der Waals surface area contributed by atoms with Gasteiger partial charge < -0.3 is 14.2 Å². The van der Waals surface area contributed by atoms with Gasteiger partial charge in [0.15, 0.2) is 6.10 Å². The minimum atomic E-state index is -0.774. The number of carbonyl (C=O) groups excluding carboxylic acids is 3. The first kappa shape index (κ1) is 64.6. The normalized spacial score (nSPS) is 12.2. The van der Waals surface area contributed by atoms with Crippen molar-refractivity contribution in [1.29, 1.82) is 0 Å². The average Bonchev–Trinajstić information content (AvgIpc) is 3.33. The summed E-state index contributed by atoms with van der Waals surface area (Å²) in [5, 5.41) is 0. The molecule has 0 aliphatic heterocycles. The van der Waals surface area contributed by atoms with Gasteiger partial charge in [0.2, 0.25) is 0 Å². The molecular formula is C61H112O6. The van der Waals surface area contributed by atoms with E-state index in [0.717, 1.165) is 70.6 Å². The van der Waals surface area contributed by atoms with Gasteiger partial charge in [-0.1, -0.05) is 263 Å². The molecule has 0 N–H and O–H groups in total. The Bertz CT molecular complexity index is 1130. The van der Waals surface area contributed by atoms with Crippen molar-refractivity contribution < 1.29 is 28.6 Å². The predicted molar refractivity (Wildman–Crippen MR) is 289 cm³/mol. The van der Waals surface area contributed by atoms with Crippen molar-refractivity contribution in [3.63, 3.8) is 0 Å². The second-order valence-electron chi connectivity index (χ2n) is 19.9. The maximum Gasteiger partial charge on any atom is 0.306 e. The van der Waals surface area contributed by atoms with Crippen LogP contribution in [0.1, 0.15) is 316 Å². The molecule has 0 radical (unpaired) electrons. The van der Waals surface area contributed by atoms with Crippen LogP contribution in [0.5, 0.6) is 0 Å². The molecule has 1 atom stereocenters. The van der Waals surface area contributed by atoms with E-state index in [1.165, 1.54) is 205 Å². The molecule has 0 saturated heterocycles. The molecule has 0 bridgehead atoms. The SMILES string of the molecule is CCCC/C=C\CCCCCCCC(=O)OC[C@@H](COC(=O)CCCCCCCCCCC/C=C\C/C=C\CCCCC)OC(=O)CCCCCCCCCCCCCCCCCCCCC. The van der Waals surface area contributed by atoms with E-state index < -0.39 is 6.10 Å². The molecule has 0 aromatic heterocycles. The summed E-state index contributed by atoms with van der Waals surface area (Å²) in [4.78, 5) is 38.1. The van der Waals surface area contributed by atoms with Gasteiger partial charge in [0.25, 0.3) is 0 Å². The van der Waals surface area contributed by atoms with Crippen molar-refractivity contribution >= 4 is 17.9 Å². The third-order valence-electron chi connectivity index (χ3n) is 13.1. The van der Waals surface area contributed by atoms with Crippen LogP contribution in [-0.2, 0) is 28.6 Å². The van der Waals surface area contributed by atoms with Crippen molar-refractivity contribution in [3.8, 4) is 0 Å². The van der Waals surface area contributed by atoms with Gasteiger partial charge in [0, 0.05) is 19.3 Å². The van der Waals surface area contributed by atoms with Gasteiger partial charge in [-0.2, -0.15) is 0 Å². The summed E-state index contributed by atoms with van der Waals surface area (Å²) < 4.78 is 16.9.